The molecule has 0 spiro atoms. The van der Waals surface area contributed by atoms with Gasteiger partial charge in [-0.3, -0.25) is 0 Å². The molecule has 0 saturated carbocycles. The van der Waals surface area contributed by atoms with Gasteiger partial charge in [0.1, 0.15) is 0 Å². The molecule has 222 valence electrons. The second kappa shape index (κ2) is 10.9. The van der Waals surface area contributed by atoms with E-state index in [-0.39, 0.29) is 0 Å². The number of fused-ring (bicyclic) bond motifs is 6. The molecular formula is C44H26N4. The Hall–Kier alpha value is -6.88. The van der Waals surface area contributed by atoms with Crippen molar-refractivity contribution in [2.24, 2.45) is 0 Å². The fraction of sp³-hybridized carbons (Fsp3) is 0. The summed E-state index contributed by atoms with van der Waals surface area (Å²) in [6, 6.07) is 56.6. The van der Waals surface area contributed by atoms with Gasteiger partial charge < -0.3 is 9.13 Å². The summed E-state index contributed by atoms with van der Waals surface area (Å²) in [5.41, 5.74) is 11.6. The molecule has 0 radical (unpaired) electrons. The second-order valence-corrected chi connectivity index (χ2v) is 12.0. The molecule has 2 aromatic heterocycles. The molecule has 0 amide bonds. The molecule has 0 atom stereocenters. The van der Waals surface area contributed by atoms with Gasteiger partial charge >= 0.3 is 0 Å². The molecule has 0 aliphatic rings. The van der Waals surface area contributed by atoms with Crippen molar-refractivity contribution in [3.63, 3.8) is 0 Å². The zero-order chi connectivity index (χ0) is 32.2. The van der Waals surface area contributed by atoms with E-state index in [1.54, 1.807) is 0 Å². The molecule has 48 heavy (non-hydrogen) atoms. The highest BCUT2D eigenvalue weighted by Crippen LogP contribution is 2.39. The Kier molecular flexibility index (Phi) is 6.22. The van der Waals surface area contributed by atoms with Gasteiger partial charge in [0.2, 0.25) is 5.69 Å². The van der Waals surface area contributed by atoms with Crippen molar-refractivity contribution in [2.75, 3.05) is 0 Å². The van der Waals surface area contributed by atoms with Crippen molar-refractivity contribution in [1.29, 1.82) is 5.26 Å². The largest absolute Gasteiger partial charge is 0.319 e. The summed E-state index contributed by atoms with van der Waals surface area (Å²) in [6.45, 7) is 7.86. The highest BCUT2D eigenvalue weighted by Gasteiger charge is 2.17. The quantitative estimate of drug-likeness (QED) is 0.183. The first-order valence-electron chi connectivity index (χ1n) is 15.9. The zero-order valence-electron chi connectivity index (χ0n) is 25.8. The number of nitrogens with zero attached hydrogens (tertiary/aromatic N) is 4. The Morgan fingerprint density at radius 3 is 1.73 bits per heavy atom. The molecule has 0 bridgehead atoms. The average Bonchev–Trinajstić information content (AvgIpc) is 3.68. The fourth-order valence-corrected chi connectivity index (χ4v) is 7.27. The summed E-state index contributed by atoms with van der Waals surface area (Å²) in [6.07, 6.45) is 0. The minimum Gasteiger partial charge on any atom is -0.319 e. The number of rotatable bonds is 4. The molecule has 7 aromatic carbocycles. The van der Waals surface area contributed by atoms with Gasteiger partial charge in [0.05, 0.1) is 46.0 Å². The zero-order valence-corrected chi connectivity index (χ0v) is 25.8. The predicted molar refractivity (Wildman–Crippen MR) is 197 cm³/mol. The summed E-state index contributed by atoms with van der Waals surface area (Å²) in [5.74, 6) is 0. The number of nitriles is 1. The molecular weight excluding hydrogens is 585 g/mol. The van der Waals surface area contributed by atoms with Crippen molar-refractivity contribution in [3.8, 4) is 39.7 Å². The number of benzene rings is 7. The maximum atomic E-state index is 10.2. The van der Waals surface area contributed by atoms with Crippen LogP contribution in [-0.4, -0.2) is 9.13 Å². The van der Waals surface area contributed by atoms with E-state index in [9.17, 15) is 5.26 Å². The van der Waals surface area contributed by atoms with Crippen molar-refractivity contribution >= 4 is 49.3 Å². The highest BCUT2D eigenvalue weighted by atomic mass is 15.0. The van der Waals surface area contributed by atoms with Gasteiger partial charge in [-0.1, -0.05) is 103 Å². The maximum absolute atomic E-state index is 10.2. The van der Waals surface area contributed by atoms with Crippen LogP contribution >= 0.6 is 0 Å². The van der Waals surface area contributed by atoms with Gasteiger partial charge in [-0.25, -0.2) is 4.85 Å². The smallest absolute Gasteiger partial charge is 0.211 e. The van der Waals surface area contributed by atoms with E-state index in [0.29, 0.717) is 11.3 Å². The predicted octanol–water partition coefficient (Wildman–Crippen LogP) is 11.6. The van der Waals surface area contributed by atoms with Crippen molar-refractivity contribution in [3.05, 3.63) is 175 Å². The number of hydrogen-bond donors (Lipinski definition) is 0. The van der Waals surface area contributed by atoms with Crippen LogP contribution in [0.1, 0.15) is 5.56 Å². The van der Waals surface area contributed by atoms with Crippen LogP contribution < -0.4 is 0 Å². The third-order valence-electron chi connectivity index (χ3n) is 9.35. The molecule has 0 aliphatic carbocycles. The van der Waals surface area contributed by atoms with E-state index in [1.165, 1.54) is 10.8 Å². The van der Waals surface area contributed by atoms with Crippen LogP contribution in [-0.2, 0) is 0 Å². The lowest BCUT2D eigenvalue weighted by molar-refractivity contribution is 1.18. The van der Waals surface area contributed by atoms with Crippen LogP contribution in [0.2, 0.25) is 0 Å². The van der Waals surface area contributed by atoms with E-state index in [1.807, 2.05) is 36.4 Å². The Labute approximate surface area is 277 Å². The van der Waals surface area contributed by atoms with Crippen LogP contribution in [0.25, 0.3) is 82.1 Å². The van der Waals surface area contributed by atoms with E-state index >= 15 is 0 Å². The lowest BCUT2D eigenvalue weighted by Crippen LogP contribution is -1.97. The number of para-hydroxylation sites is 5. The van der Waals surface area contributed by atoms with Crippen molar-refractivity contribution in [2.45, 2.75) is 0 Å². The Balaban J connectivity index is 1.20. The summed E-state index contributed by atoms with van der Waals surface area (Å²) in [4.78, 5) is 3.86. The molecule has 4 heteroatoms. The molecule has 2 heterocycles. The molecule has 4 nitrogen and oxygen atoms in total. The molecule has 9 rings (SSSR count). The van der Waals surface area contributed by atoms with Crippen molar-refractivity contribution in [1.82, 2.24) is 9.13 Å². The Morgan fingerprint density at radius 2 is 1.06 bits per heavy atom. The first-order chi connectivity index (χ1) is 23.7. The van der Waals surface area contributed by atoms with E-state index in [4.69, 9.17) is 6.57 Å². The highest BCUT2D eigenvalue weighted by molar-refractivity contribution is 6.13. The summed E-state index contributed by atoms with van der Waals surface area (Å²) >= 11 is 0. The summed E-state index contributed by atoms with van der Waals surface area (Å²) < 4.78 is 4.51. The van der Waals surface area contributed by atoms with Gasteiger partial charge in [-0.2, -0.15) is 5.26 Å². The maximum Gasteiger partial charge on any atom is 0.211 e. The lowest BCUT2D eigenvalue weighted by atomic mass is 9.95. The van der Waals surface area contributed by atoms with Crippen LogP contribution in [0.4, 0.5) is 5.69 Å². The van der Waals surface area contributed by atoms with E-state index in [0.717, 1.165) is 66.5 Å². The van der Waals surface area contributed by atoms with E-state index in [2.05, 4.69) is 141 Å². The average molecular weight is 611 g/mol. The molecule has 0 fully saturated rings. The van der Waals surface area contributed by atoms with Crippen LogP contribution in [0.3, 0.4) is 0 Å². The topological polar surface area (TPSA) is 38.0 Å². The fourth-order valence-electron chi connectivity index (χ4n) is 7.27. The third kappa shape index (κ3) is 4.14. The number of hydrogen-bond acceptors (Lipinski definition) is 1. The lowest BCUT2D eigenvalue weighted by Gasteiger charge is -2.15. The summed E-state index contributed by atoms with van der Waals surface area (Å²) in [5, 5.41) is 14.8. The van der Waals surface area contributed by atoms with Gasteiger partial charge in [-0.05, 0) is 76.7 Å². The standard InChI is InChI=1S/C44H26N4/c1-46-39-16-10-15-38-37-14-5-7-18-41(37)47(44(38)39)33-23-21-30(22-24-33)31-25-29(28-45)26-32(27-31)34-11-2-6-17-40(34)48-42-19-8-3-12-35(42)36-13-4-9-20-43(36)48/h2-27H. The normalized spacial score (nSPS) is 11.3. The number of aromatic nitrogens is 2. The van der Waals surface area contributed by atoms with Gasteiger partial charge in [0.25, 0.3) is 0 Å². The SMILES string of the molecule is [C-]#[N+]c1cccc2c3ccccc3n(-c3ccc(-c4cc(C#N)cc(-c5ccccc5-n5c6ccccc6c6ccccc65)c4)cc3)c12. The second-order valence-electron chi connectivity index (χ2n) is 12.0. The summed E-state index contributed by atoms with van der Waals surface area (Å²) in [7, 11) is 0. The molecule has 0 aliphatic heterocycles. The minimum absolute atomic E-state index is 0.604. The monoisotopic (exact) mass is 610 g/mol. The van der Waals surface area contributed by atoms with Crippen LogP contribution in [0, 0.1) is 17.9 Å². The third-order valence-corrected chi connectivity index (χ3v) is 9.35. The van der Waals surface area contributed by atoms with E-state index < -0.39 is 0 Å². The Bertz CT molecular complexity index is 2750. The molecule has 0 saturated heterocycles. The Morgan fingerprint density at radius 1 is 0.500 bits per heavy atom. The first kappa shape index (κ1) is 27.4. The van der Waals surface area contributed by atoms with Gasteiger partial charge in [-0.15, -0.1) is 0 Å². The molecule has 0 unspecified atom stereocenters. The molecule has 0 N–H and O–H groups in total. The first-order valence-corrected chi connectivity index (χ1v) is 15.9. The van der Waals surface area contributed by atoms with Crippen LogP contribution in [0.15, 0.2) is 158 Å². The van der Waals surface area contributed by atoms with Crippen molar-refractivity contribution < 1.29 is 0 Å². The van der Waals surface area contributed by atoms with Crippen LogP contribution in [0.5, 0.6) is 0 Å². The molecule has 9 aromatic rings. The van der Waals surface area contributed by atoms with Gasteiger partial charge in [0.15, 0.2) is 0 Å². The minimum atomic E-state index is 0.604. The van der Waals surface area contributed by atoms with Gasteiger partial charge in [0, 0.05) is 27.4 Å².